The summed E-state index contributed by atoms with van der Waals surface area (Å²) in [6.07, 6.45) is 6.40. The van der Waals surface area contributed by atoms with E-state index in [4.69, 9.17) is 42.0 Å². The fourth-order valence-electron chi connectivity index (χ4n) is 4.38. The molecule has 1 saturated carbocycles. The largest absolute Gasteiger partial charge is 0.368 e. The number of halogens is 1. The fraction of sp³-hybridized carbons (Fsp3) is 0.565. The highest BCUT2D eigenvalue weighted by atomic mass is 35.5. The standard InChI is InChI=1S/C13H18N6O2.C10H12ClN5O2/c1-2-9-20-5-8(21-9)19-6-15-10-11(16-7-3-4-7)17-13(14)18-12(10)19;1-2-6-17-3-5(18-6)16-4-13-7-8(11)14-10(12)15-9(7)16/h6-9H,2-5H2,1H3,(H3,14,16,17,18);4-6H,2-3H2,1H3,(H2,12,14,15)/t8-,9-;5-,6-/m11/s1. The smallest absolute Gasteiger partial charge is 0.224 e. The first kappa shape index (κ1) is 25.9. The van der Waals surface area contributed by atoms with Gasteiger partial charge >= 0.3 is 0 Å². The van der Waals surface area contributed by atoms with Gasteiger partial charge in [0.15, 0.2) is 52.8 Å². The highest BCUT2D eigenvalue weighted by Gasteiger charge is 2.30. The molecule has 0 spiro atoms. The van der Waals surface area contributed by atoms with Gasteiger partial charge in [0.05, 0.1) is 25.9 Å². The molecule has 4 aromatic rings. The lowest BCUT2D eigenvalue weighted by Crippen LogP contribution is -2.13. The van der Waals surface area contributed by atoms with Crippen LogP contribution in [0.4, 0.5) is 17.7 Å². The molecule has 0 aromatic carbocycles. The minimum atomic E-state index is -0.259. The molecule has 0 amide bonds. The molecule has 4 atom stereocenters. The van der Waals surface area contributed by atoms with E-state index in [2.05, 4.69) is 35.2 Å². The summed E-state index contributed by atoms with van der Waals surface area (Å²) in [6, 6.07) is 0.475. The van der Waals surface area contributed by atoms with Crippen LogP contribution >= 0.6 is 11.6 Å². The van der Waals surface area contributed by atoms with Crippen LogP contribution in [0.3, 0.4) is 0 Å². The van der Waals surface area contributed by atoms with Gasteiger partial charge in [-0.1, -0.05) is 25.4 Å². The van der Waals surface area contributed by atoms with Crippen LogP contribution in [0.15, 0.2) is 12.7 Å². The molecule has 4 aromatic heterocycles. The number of aromatic nitrogens is 8. The van der Waals surface area contributed by atoms with Crippen molar-refractivity contribution < 1.29 is 18.9 Å². The molecule has 3 aliphatic rings. The van der Waals surface area contributed by atoms with Crippen molar-refractivity contribution in [3.63, 3.8) is 0 Å². The molecule has 16 heteroatoms. The highest BCUT2D eigenvalue weighted by molar-refractivity contribution is 6.33. The summed E-state index contributed by atoms with van der Waals surface area (Å²) in [5, 5.41) is 3.58. The van der Waals surface area contributed by atoms with Gasteiger partial charge in [0.25, 0.3) is 0 Å². The molecule has 1 aliphatic carbocycles. The molecule has 39 heavy (non-hydrogen) atoms. The maximum atomic E-state index is 5.96. The van der Waals surface area contributed by atoms with Crippen LogP contribution < -0.4 is 16.8 Å². The average molecular weight is 560 g/mol. The monoisotopic (exact) mass is 559 g/mol. The van der Waals surface area contributed by atoms with Crippen LogP contribution in [0, 0.1) is 0 Å². The molecule has 2 aliphatic heterocycles. The zero-order valence-electron chi connectivity index (χ0n) is 21.5. The Morgan fingerprint density at radius 2 is 1.38 bits per heavy atom. The summed E-state index contributed by atoms with van der Waals surface area (Å²) >= 11 is 5.96. The Kier molecular flexibility index (Phi) is 7.07. The normalized spacial score (nSPS) is 24.8. The van der Waals surface area contributed by atoms with Crippen molar-refractivity contribution in [3.8, 4) is 0 Å². The number of rotatable bonds is 6. The van der Waals surface area contributed by atoms with E-state index < -0.39 is 0 Å². The summed E-state index contributed by atoms with van der Waals surface area (Å²) in [5.41, 5.74) is 13.9. The van der Waals surface area contributed by atoms with E-state index in [-0.39, 0.29) is 42.1 Å². The maximum Gasteiger partial charge on any atom is 0.224 e. The van der Waals surface area contributed by atoms with Gasteiger partial charge in [0.2, 0.25) is 11.9 Å². The molecule has 0 unspecified atom stereocenters. The molecule has 2 saturated heterocycles. The van der Waals surface area contributed by atoms with Crippen LogP contribution in [-0.4, -0.2) is 70.9 Å². The zero-order valence-corrected chi connectivity index (χ0v) is 22.3. The van der Waals surface area contributed by atoms with E-state index in [1.807, 2.05) is 18.4 Å². The van der Waals surface area contributed by atoms with Crippen LogP contribution in [0.2, 0.25) is 5.15 Å². The Morgan fingerprint density at radius 1 is 0.846 bits per heavy atom. The minimum absolute atomic E-state index is 0.111. The Bertz CT molecular complexity index is 1480. The Morgan fingerprint density at radius 3 is 1.92 bits per heavy atom. The van der Waals surface area contributed by atoms with Crippen molar-refractivity contribution in [1.29, 1.82) is 0 Å². The zero-order chi connectivity index (χ0) is 27.1. The first-order valence-corrected chi connectivity index (χ1v) is 13.3. The topological polar surface area (TPSA) is 188 Å². The molecule has 0 radical (unpaired) electrons. The van der Waals surface area contributed by atoms with Crippen LogP contribution in [0.25, 0.3) is 22.3 Å². The Hall–Kier alpha value is -3.37. The van der Waals surface area contributed by atoms with Gasteiger partial charge in [-0.05, 0) is 25.7 Å². The Labute approximate surface area is 228 Å². The molecule has 208 valence electrons. The molecule has 0 bridgehead atoms. The van der Waals surface area contributed by atoms with E-state index >= 15 is 0 Å². The van der Waals surface area contributed by atoms with Crippen molar-refractivity contribution in [1.82, 2.24) is 39.0 Å². The van der Waals surface area contributed by atoms with Gasteiger partial charge < -0.3 is 35.7 Å². The maximum absolute atomic E-state index is 5.96. The molecule has 15 nitrogen and oxygen atoms in total. The number of nitrogen functional groups attached to an aromatic ring is 2. The number of fused-ring (bicyclic) bond motifs is 2. The second-order valence-electron chi connectivity index (χ2n) is 9.39. The predicted molar refractivity (Wildman–Crippen MR) is 141 cm³/mol. The summed E-state index contributed by atoms with van der Waals surface area (Å²) in [7, 11) is 0. The summed E-state index contributed by atoms with van der Waals surface area (Å²) in [4.78, 5) is 25.2. The van der Waals surface area contributed by atoms with E-state index in [1.54, 1.807) is 17.2 Å². The van der Waals surface area contributed by atoms with Crippen molar-refractivity contribution in [3.05, 3.63) is 17.8 Å². The summed E-state index contributed by atoms with van der Waals surface area (Å²) in [6.45, 7) is 4.96. The molecular weight excluding hydrogens is 530 g/mol. The number of nitrogens with one attached hydrogen (secondary N) is 1. The van der Waals surface area contributed by atoms with Crippen molar-refractivity contribution >= 4 is 51.6 Å². The van der Waals surface area contributed by atoms with Crippen LogP contribution in [0.5, 0.6) is 0 Å². The molecule has 3 fully saturated rings. The third kappa shape index (κ3) is 5.27. The summed E-state index contributed by atoms with van der Waals surface area (Å²) < 4.78 is 26.2. The second-order valence-corrected chi connectivity index (χ2v) is 9.75. The van der Waals surface area contributed by atoms with Gasteiger partial charge in [0.1, 0.15) is 5.52 Å². The van der Waals surface area contributed by atoms with Crippen molar-refractivity contribution in [2.24, 2.45) is 0 Å². The lowest BCUT2D eigenvalue weighted by Gasteiger charge is -2.12. The van der Waals surface area contributed by atoms with Crippen molar-refractivity contribution in [2.75, 3.05) is 30.0 Å². The van der Waals surface area contributed by atoms with Gasteiger partial charge in [-0.15, -0.1) is 0 Å². The number of hydrogen-bond acceptors (Lipinski definition) is 13. The van der Waals surface area contributed by atoms with Gasteiger partial charge in [0, 0.05) is 6.04 Å². The lowest BCUT2D eigenvalue weighted by molar-refractivity contribution is -0.0718. The average Bonchev–Trinajstić information content (AvgIpc) is 3.36. The van der Waals surface area contributed by atoms with E-state index in [0.29, 0.717) is 41.9 Å². The van der Waals surface area contributed by atoms with Crippen LogP contribution in [-0.2, 0) is 18.9 Å². The quantitative estimate of drug-likeness (QED) is 0.292. The number of hydrogen-bond donors (Lipinski definition) is 3. The fourth-order valence-corrected chi connectivity index (χ4v) is 4.60. The van der Waals surface area contributed by atoms with E-state index in [9.17, 15) is 0 Å². The molecule has 5 N–H and O–H groups in total. The van der Waals surface area contributed by atoms with Gasteiger partial charge in [-0.2, -0.15) is 19.9 Å². The third-order valence-electron chi connectivity index (χ3n) is 6.51. The first-order chi connectivity index (χ1) is 18.9. The lowest BCUT2D eigenvalue weighted by atomic mass is 10.4. The number of ether oxygens (including phenoxy) is 4. The van der Waals surface area contributed by atoms with E-state index in [0.717, 1.165) is 31.2 Å². The molecule has 7 rings (SSSR count). The summed E-state index contributed by atoms with van der Waals surface area (Å²) in [5.74, 6) is 1.04. The number of nitrogens with two attached hydrogens (primary N) is 2. The van der Waals surface area contributed by atoms with E-state index in [1.165, 1.54) is 0 Å². The molecular formula is C23H30ClN11O4. The number of anilines is 3. The number of nitrogens with zero attached hydrogens (tertiary/aromatic N) is 8. The van der Waals surface area contributed by atoms with Crippen molar-refractivity contribution in [2.45, 2.75) is 70.6 Å². The predicted octanol–water partition coefficient (Wildman–Crippen LogP) is 2.61. The second kappa shape index (κ2) is 10.7. The van der Waals surface area contributed by atoms with Gasteiger partial charge in [-0.3, -0.25) is 9.13 Å². The minimum Gasteiger partial charge on any atom is -0.368 e. The van der Waals surface area contributed by atoms with Crippen LogP contribution in [0.1, 0.15) is 52.0 Å². The SMILES string of the molecule is CC[C@@H]1OC[C@H](n2cnc3c(Cl)nc(N)nc32)O1.CC[C@@H]1OC[C@H](n2cnc3c(NC4CC4)nc(N)nc32)O1. The number of imidazole rings is 2. The first-order valence-electron chi connectivity index (χ1n) is 12.9. The van der Waals surface area contributed by atoms with Gasteiger partial charge in [-0.25, -0.2) is 9.97 Å². The molecule has 6 heterocycles. The highest BCUT2D eigenvalue weighted by Crippen LogP contribution is 2.31. The Balaban J connectivity index is 0.000000144. The third-order valence-corrected chi connectivity index (χ3v) is 6.77.